The van der Waals surface area contributed by atoms with Gasteiger partial charge < -0.3 is 10.1 Å². The predicted octanol–water partition coefficient (Wildman–Crippen LogP) is 3.38. The fraction of sp³-hybridized carbons (Fsp3) is 0.625. The minimum atomic E-state index is 0.451. The van der Waals surface area contributed by atoms with Crippen LogP contribution in [0.4, 0.5) is 0 Å². The highest BCUT2D eigenvalue weighted by Gasteiger charge is 2.27. The number of aryl methyl sites for hydroxylation is 1. The van der Waals surface area contributed by atoms with Crippen LogP contribution >= 0.6 is 0 Å². The first-order valence-corrected chi connectivity index (χ1v) is 7.11. The zero-order valence-electron chi connectivity index (χ0n) is 11.8. The zero-order valence-corrected chi connectivity index (χ0v) is 11.8. The molecule has 0 saturated carbocycles. The lowest BCUT2D eigenvalue weighted by molar-refractivity contribution is 0.176. The first-order chi connectivity index (χ1) is 8.74. The minimum absolute atomic E-state index is 0.451. The summed E-state index contributed by atoms with van der Waals surface area (Å²) in [4.78, 5) is 0. The van der Waals surface area contributed by atoms with Crippen LogP contribution in [-0.4, -0.2) is 19.8 Å². The maximum Gasteiger partial charge on any atom is 0.0513 e. The third-order valence-corrected chi connectivity index (χ3v) is 4.03. The quantitative estimate of drug-likeness (QED) is 0.861. The molecular weight excluding hydrogens is 222 g/mol. The summed E-state index contributed by atoms with van der Waals surface area (Å²) in [7, 11) is 0. The number of ether oxygens (including phenoxy) is 1. The summed E-state index contributed by atoms with van der Waals surface area (Å²) in [5.41, 5.74) is 4.27. The van der Waals surface area contributed by atoms with Crippen LogP contribution in [0.3, 0.4) is 0 Å². The Morgan fingerprint density at radius 3 is 2.89 bits per heavy atom. The summed E-state index contributed by atoms with van der Waals surface area (Å²) in [6.07, 6.45) is 2.35. The molecule has 2 rings (SSSR count). The smallest absolute Gasteiger partial charge is 0.0513 e. The molecule has 18 heavy (non-hydrogen) atoms. The van der Waals surface area contributed by atoms with E-state index in [4.69, 9.17) is 4.74 Å². The fourth-order valence-electron chi connectivity index (χ4n) is 2.76. The van der Waals surface area contributed by atoms with E-state index in [1.807, 2.05) is 0 Å². The summed E-state index contributed by atoms with van der Waals surface area (Å²) in [5, 5.41) is 3.72. The molecule has 0 aromatic heterocycles. The monoisotopic (exact) mass is 247 g/mol. The number of benzene rings is 1. The van der Waals surface area contributed by atoms with Crippen molar-refractivity contribution in [1.82, 2.24) is 5.32 Å². The van der Waals surface area contributed by atoms with Gasteiger partial charge in [0.25, 0.3) is 0 Å². The van der Waals surface area contributed by atoms with E-state index in [2.05, 4.69) is 44.3 Å². The molecule has 2 atom stereocenters. The Balaban J connectivity index is 2.23. The summed E-state index contributed by atoms with van der Waals surface area (Å²) in [6.45, 7) is 9.55. The van der Waals surface area contributed by atoms with E-state index in [1.165, 1.54) is 29.5 Å². The van der Waals surface area contributed by atoms with E-state index in [1.54, 1.807) is 0 Å². The summed E-state index contributed by atoms with van der Waals surface area (Å²) in [5.74, 6) is 0.622. The van der Waals surface area contributed by atoms with Crippen LogP contribution in [0, 0.1) is 19.8 Å². The van der Waals surface area contributed by atoms with E-state index in [0.29, 0.717) is 12.0 Å². The van der Waals surface area contributed by atoms with Gasteiger partial charge in [-0.3, -0.25) is 0 Å². The molecule has 1 aliphatic rings. The SMILES string of the molecule is CCCNC(c1cccc(C)c1C)C1CCOC1. The molecule has 100 valence electrons. The van der Waals surface area contributed by atoms with E-state index in [0.717, 1.165) is 19.8 Å². The number of hydrogen-bond acceptors (Lipinski definition) is 2. The van der Waals surface area contributed by atoms with Crippen molar-refractivity contribution in [3.05, 3.63) is 34.9 Å². The molecule has 1 aromatic rings. The summed E-state index contributed by atoms with van der Waals surface area (Å²) in [6, 6.07) is 7.09. The van der Waals surface area contributed by atoms with E-state index in [9.17, 15) is 0 Å². The highest BCUT2D eigenvalue weighted by Crippen LogP contribution is 2.31. The van der Waals surface area contributed by atoms with Crippen molar-refractivity contribution in [2.75, 3.05) is 19.8 Å². The molecule has 1 N–H and O–H groups in total. The lowest BCUT2D eigenvalue weighted by atomic mass is 9.88. The molecule has 1 fully saturated rings. The Morgan fingerprint density at radius 1 is 1.39 bits per heavy atom. The topological polar surface area (TPSA) is 21.3 Å². The molecule has 2 unspecified atom stereocenters. The molecule has 0 bridgehead atoms. The van der Waals surface area contributed by atoms with Gasteiger partial charge in [-0.2, -0.15) is 0 Å². The van der Waals surface area contributed by atoms with Gasteiger partial charge in [0.2, 0.25) is 0 Å². The molecule has 1 heterocycles. The minimum Gasteiger partial charge on any atom is -0.381 e. The zero-order chi connectivity index (χ0) is 13.0. The molecule has 1 aliphatic heterocycles. The normalized spacial score (nSPS) is 21.2. The van der Waals surface area contributed by atoms with Crippen molar-refractivity contribution in [3.63, 3.8) is 0 Å². The van der Waals surface area contributed by atoms with Crippen molar-refractivity contribution in [3.8, 4) is 0 Å². The van der Waals surface area contributed by atoms with Crippen LogP contribution in [-0.2, 0) is 4.74 Å². The summed E-state index contributed by atoms with van der Waals surface area (Å²) < 4.78 is 5.57. The predicted molar refractivity (Wildman–Crippen MR) is 75.9 cm³/mol. The lowest BCUT2D eigenvalue weighted by Crippen LogP contribution is -2.30. The second kappa shape index (κ2) is 6.35. The van der Waals surface area contributed by atoms with Crippen molar-refractivity contribution in [1.29, 1.82) is 0 Å². The van der Waals surface area contributed by atoms with E-state index < -0.39 is 0 Å². The first-order valence-electron chi connectivity index (χ1n) is 7.11. The molecule has 0 radical (unpaired) electrons. The second-order valence-electron chi connectivity index (χ2n) is 5.34. The number of hydrogen-bond donors (Lipinski definition) is 1. The van der Waals surface area contributed by atoms with Crippen molar-refractivity contribution in [2.45, 2.75) is 39.7 Å². The van der Waals surface area contributed by atoms with Gasteiger partial charge in [-0.1, -0.05) is 25.1 Å². The molecule has 2 heteroatoms. The van der Waals surface area contributed by atoms with Crippen LogP contribution in [0.5, 0.6) is 0 Å². The van der Waals surface area contributed by atoms with E-state index in [-0.39, 0.29) is 0 Å². The van der Waals surface area contributed by atoms with Crippen LogP contribution in [0.1, 0.15) is 42.5 Å². The van der Waals surface area contributed by atoms with Gasteiger partial charge in [0.05, 0.1) is 6.61 Å². The van der Waals surface area contributed by atoms with Gasteiger partial charge in [0.15, 0.2) is 0 Å². The number of rotatable bonds is 5. The maximum absolute atomic E-state index is 5.57. The van der Waals surface area contributed by atoms with Crippen LogP contribution in [0.15, 0.2) is 18.2 Å². The average Bonchev–Trinajstić information content (AvgIpc) is 2.88. The molecule has 0 amide bonds. The Hall–Kier alpha value is -0.860. The second-order valence-corrected chi connectivity index (χ2v) is 5.34. The van der Waals surface area contributed by atoms with Crippen LogP contribution in [0.25, 0.3) is 0 Å². The van der Waals surface area contributed by atoms with Crippen molar-refractivity contribution in [2.24, 2.45) is 5.92 Å². The molecule has 2 nitrogen and oxygen atoms in total. The first kappa shape index (κ1) is 13.6. The van der Waals surface area contributed by atoms with Gasteiger partial charge in [-0.15, -0.1) is 0 Å². The molecule has 0 aliphatic carbocycles. The third kappa shape index (κ3) is 2.93. The standard InChI is InChI=1S/C16H25NO/c1-4-9-17-16(14-8-10-18-11-14)15-7-5-6-12(2)13(15)3/h5-7,14,16-17H,4,8-11H2,1-3H3. The van der Waals surface area contributed by atoms with E-state index >= 15 is 0 Å². The van der Waals surface area contributed by atoms with Crippen molar-refractivity contribution >= 4 is 0 Å². The Morgan fingerprint density at radius 2 is 2.22 bits per heavy atom. The Kier molecular flexibility index (Phi) is 4.79. The van der Waals surface area contributed by atoms with Gasteiger partial charge >= 0.3 is 0 Å². The molecule has 1 aromatic carbocycles. The number of nitrogens with one attached hydrogen (secondary N) is 1. The fourth-order valence-corrected chi connectivity index (χ4v) is 2.76. The van der Waals surface area contributed by atoms with Gasteiger partial charge in [0.1, 0.15) is 0 Å². The van der Waals surface area contributed by atoms with Gasteiger partial charge in [-0.25, -0.2) is 0 Å². The maximum atomic E-state index is 5.57. The van der Waals surface area contributed by atoms with Crippen LogP contribution in [0.2, 0.25) is 0 Å². The molecule has 1 saturated heterocycles. The van der Waals surface area contributed by atoms with Crippen LogP contribution < -0.4 is 5.32 Å². The average molecular weight is 247 g/mol. The van der Waals surface area contributed by atoms with Crippen molar-refractivity contribution < 1.29 is 4.74 Å². The Bertz CT molecular complexity index is 383. The lowest BCUT2D eigenvalue weighted by Gasteiger charge is -2.26. The third-order valence-electron chi connectivity index (χ3n) is 4.03. The Labute approximate surface area is 111 Å². The highest BCUT2D eigenvalue weighted by atomic mass is 16.5. The largest absolute Gasteiger partial charge is 0.381 e. The van der Waals surface area contributed by atoms with Gasteiger partial charge in [0, 0.05) is 18.6 Å². The summed E-state index contributed by atoms with van der Waals surface area (Å²) >= 11 is 0. The van der Waals surface area contributed by atoms with Gasteiger partial charge in [-0.05, 0) is 49.9 Å². The molecular formula is C16H25NO. The molecule has 0 spiro atoms. The highest BCUT2D eigenvalue weighted by molar-refractivity contribution is 5.35.